The summed E-state index contributed by atoms with van der Waals surface area (Å²) in [5.41, 5.74) is 4.31. The fourth-order valence-corrected chi connectivity index (χ4v) is 5.69. The van der Waals surface area contributed by atoms with Crippen LogP contribution in [-0.2, 0) is 16.5 Å². The zero-order chi connectivity index (χ0) is 30.2. The summed E-state index contributed by atoms with van der Waals surface area (Å²) in [6.45, 7) is 2.89. The van der Waals surface area contributed by atoms with Crippen molar-refractivity contribution in [1.29, 1.82) is 0 Å². The van der Waals surface area contributed by atoms with Gasteiger partial charge >= 0.3 is 16.5 Å². The zero-order valence-corrected chi connectivity index (χ0v) is 26.0. The van der Waals surface area contributed by atoms with Crippen molar-refractivity contribution in [3.05, 3.63) is 66.7 Å². The minimum atomic E-state index is 0. The topological polar surface area (TPSA) is 141 Å². The number of rotatable bonds is 8. The van der Waals surface area contributed by atoms with E-state index < -0.39 is 0 Å². The van der Waals surface area contributed by atoms with Crippen LogP contribution < -0.4 is 14.7 Å². The Bertz CT molecular complexity index is 2230. The quantitative estimate of drug-likeness (QED) is 0.131. The van der Waals surface area contributed by atoms with Crippen LogP contribution in [0.5, 0.6) is 5.75 Å². The molecular weight excluding hydrogens is 623 g/mol. The summed E-state index contributed by atoms with van der Waals surface area (Å²) in [4.78, 5) is 38.0. The van der Waals surface area contributed by atoms with Crippen molar-refractivity contribution >= 4 is 33.6 Å². The Morgan fingerprint density at radius 1 is 0.543 bits per heavy atom. The van der Waals surface area contributed by atoms with Crippen molar-refractivity contribution in [2.45, 2.75) is 45.4 Å². The first kappa shape index (κ1) is 29.6. The molecule has 0 radical (unpaired) electrons. The Balaban J connectivity index is 0.00000338. The van der Waals surface area contributed by atoms with Gasteiger partial charge in [-0.3, -0.25) is 15.0 Å². The van der Waals surface area contributed by atoms with Crippen LogP contribution in [0, 0.1) is 0 Å². The first-order valence-electron chi connectivity index (χ1n) is 15.3. The average molecular weight is 651 g/mol. The zero-order valence-electron chi connectivity index (χ0n) is 25.0. The van der Waals surface area contributed by atoms with Crippen molar-refractivity contribution in [2.24, 2.45) is 0 Å². The second-order valence-corrected chi connectivity index (χ2v) is 11.1. The van der Waals surface area contributed by atoms with Crippen LogP contribution in [-0.4, -0.2) is 46.7 Å². The first-order valence-corrected chi connectivity index (χ1v) is 15.3. The molecule has 0 saturated carbocycles. The average Bonchev–Trinajstić information content (AvgIpc) is 3.83. The maximum Gasteiger partial charge on any atom is 2.00 e. The van der Waals surface area contributed by atoms with E-state index in [1.54, 1.807) is 0 Å². The van der Waals surface area contributed by atoms with Gasteiger partial charge in [0.1, 0.15) is 29.0 Å². The number of unbranched alkanes of at least 4 members (excludes halogenated alkanes) is 5. The van der Waals surface area contributed by atoms with Crippen LogP contribution in [0.25, 0.3) is 79.2 Å². The van der Waals surface area contributed by atoms with Crippen molar-refractivity contribution in [1.82, 2.24) is 50.1 Å². The third kappa shape index (κ3) is 5.60. The minimum absolute atomic E-state index is 0. The van der Waals surface area contributed by atoms with Crippen molar-refractivity contribution in [2.75, 3.05) is 6.61 Å². The van der Waals surface area contributed by atoms with Crippen LogP contribution >= 0.6 is 0 Å². The molecule has 0 saturated heterocycles. The predicted octanol–water partition coefficient (Wildman–Crippen LogP) is 6.50. The van der Waals surface area contributed by atoms with E-state index >= 15 is 0 Å². The Labute approximate surface area is 274 Å². The summed E-state index contributed by atoms with van der Waals surface area (Å²) in [6.07, 6.45) is 7.22. The fraction of sp³-hybridized carbons (Fsp3) is 0.235. The molecule has 8 rings (SSSR count). The molecule has 0 spiro atoms. The summed E-state index contributed by atoms with van der Waals surface area (Å²) in [5, 5.41) is 9.91. The maximum atomic E-state index is 6.18. The molecule has 0 aliphatic carbocycles. The molecule has 0 atom stereocenters. The van der Waals surface area contributed by atoms with E-state index in [0.29, 0.717) is 41.2 Å². The number of aromatic nitrogens is 10. The molecule has 0 N–H and O–H groups in total. The van der Waals surface area contributed by atoms with Gasteiger partial charge in [0.25, 0.3) is 0 Å². The summed E-state index contributed by atoms with van der Waals surface area (Å²) in [5.74, 6) is 2.95. The van der Waals surface area contributed by atoms with Gasteiger partial charge in [-0.1, -0.05) is 87.6 Å². The monoisotopic (exact) mass is 650 g/mol. The maximum absolute atomic E-state index is 6.18. The molecule has 46 heavy (non-hydrogen) atoms. The van der Waals surface area contributed by atoms with E-state index in [9.17, 15) is 0 Å². The van der Waals surface area contributed by atoms with Crippen LogP contribution in [0.4, 0.5) is 0 Å². The summed E-state index contributed by atoms with van der Waals surface area (Å²) >= 11 is 0. The third-order valence-electron chi connectivity index (χ3n) is 7.96. The number of benzene rings is 3. The molecule has 6 aromatic rings. The smallest absolute Gasteiger partial charge is 0.494 e. The van der Waals surface area contributed by atoms with Gasteiger partial charge in [0.2, 0.25) is 0 Å². The van der Waals surface area contributed by atoms with E-state index in [2.05, 4.69) is 32.1 Å². The molecule has 5 heterocycles. The van der Waals surface area contributed by atoms with E-state index in [0.717, 1.165) is 51.6 Å². The first-order chi connectivity index (χ1) is 22.2. The van der Waals surface area contributed by atoms with Gasteiger partial charge in [0.05, 0.1) is 18.3 Å². The Kier molecular flexibility index (Phi) is 8.19. The van der Waals surface area contributed by atoms with Gasteiger partial charge < -0.3 is 19.7 Å². The van der Waals surface area contributed by atoms with E-state index in [1.165, 1.54) is 25.7 Å². The van der Waals surface area contributed by atoms with Gasteiger partial charge in [-0.15, -0.1) is 0 Å². The molecule has 230 valence electrons. The Hall–Kier alpha value is -5.09. The van der Waals surface area contributed by atoms with Gasteiger partial charge in [-0.25, -0.2) is 20.2 Å². The molecule has 3 aromatic carbocycles. The second-order valence-electron chi connectivity index (χ2n) is 11.1. The molecule has 0 unspecified atom stereocenters. The van der Waals surface area contributed by atoms with Crippen molar-refractivity contribution < 1.29 is 21.2 Å². The summed E-state index contributed by atoms with van der Waals surface area (Å²) in [7, 11) is 0. The number of hydrogen-bond donors (Lipinski definition) is 0. The number of nitrogens with zero attached hydrogens (tertiary/aromatic N) is 10. The second kappa shape index (κ2) is 12.7. The molecule has 2 aliphatic rings. The predicted molar refractivity (Wildman–Crippen MR) is 171 cm³/mol. The van der Waals surface area contributed by atoms with Gasteiger partial charge in [0.15, 0.2) is 0 Å². The summed E-state index contributed by atoms with van der Waals surface area (Å²) in [6, 6.07) is 21.5. The number of fused-ring (bicyclic) bond motifs is 17. The minimum Gasteiger partial charge on any atom is -0.494 e. The van der Waals surface area contributed by atoms with Crippen LogP contribution in [0.3, 0.4) is 0 Å². The largest absolute Gasteiger partial charge is 2.00 e. The van der Waals surface area contributed by atoms with E-state index in [1.807, 2.05) is 66.7 Å². The molecule has 2 aliphatic heterocycles. The van der Waals surface area contributed by atoms with Gasteiger partial charge in [0, 0.05) is 33.5 Å². The molecule has 11 nitrogen and oxygen atoms in total. The molecule has 12 heteroatoms. The standard InChI is InChI=1S/C34H28N10O.Ni/c1-2-3-4-5-6-11-18-45-20-16-17-25-26(19-20)32-38-28-22-13-8-10-15-24(22)31(37-28)41-34-42-33(43-44-34)40-30-23-14-9-7-12-21(23)27(36-30)35-29(25)39-32;/h7-10,12-17,19H,2-6,11,18H2,1H3;/q-2;+2. The van der Waals surface area contributed by atoms with E-state index in [4.69, 9.17) is 29.7 Å². The van der Waals surface area contributed by atoms with Gasteiger partial charge in [-0.05, 0) is 35.4 Å². The Morgan fingerprint density at radius 2 is 1.07 bits per heavy atom. The molecule has 8 bridgehead atoms. The van der Waals surface area contributed by atoms with Crippen molar-refractivity contribution in [3.8, 4) is 51.3 Å². The number of hydrogen-bond acceptors (Lipinski definition) is 9. The molecule has 0 fully saturated rings. The van der Waals surface area contributed by atoms with Crippen LogP contribution in [0.1, 0.15) is 45.4 Å². The molecule has 0 amide bonds. The molecule has 3 aromatic heterocycles. The van der Waals surface area contributed by atoms with Gasteiger partial charge in [-0.2, -0.15) is 0 Å². The SMILES string of the molecule is CCCCCCCCOc1ccc2c3nc4nc(nc5nnc(nc6nc(nc([n-]3)c2c1)-c1ccccc1-6)[n-]5)-c1ccccc1-4.[Ni+2]. The van der Waals surface area contributed by atoms with Crippen molar-refractivity contribution in [3.63, 3.8) is 0 Å². The Morgan fingerprint density at radius 3 is 1.65 bits per heavy atom. The van der Waals surface area contributed by atoms with Crippen LogP contribution in [0.15, 0.2) is 66.7 Å². The normalized spacial score (nSPS) is 11.6. The third-order valence-corrected chi connectivity index (χ3v) is 7.96. The summed E-state index contributed by atoms with van der Waals surface area (Å²) < 4.78 is 6.18. The number of ether oxygens (including phenoxy) is 1. The molecular formula is C34H28N10NiO. The van der Waals surface area contributed by atoms with E-state index in [-0.39, 0.29) is 28.0 Å². The van der Waals surface area contributed by atoms with Crippen LogP contribution in [0.2, 0.25) is 0 Å². The fourth-order valence-electron chi connectivity index (χ4n) is 5.69.